The summed E-state index contributed by atoms with van der Waals surface area (Å²) in [6, 6.07) is 10.3. The van der Waals surface area contributed by atoms with E-state index in [-0.39, 0.29) is 17.9 Å². The van der Waals surface area contributed by atoms with Gasteiger partial charge in [-0.05, 0) is 49.2 Å². The highest BCUT2D eigenvalue weighted by atomic mass is 16.5. The van der Waals surface area contributed by atoms with Gasteiger partial charge in [0.05, 0.1) is 5.69 Å². The van der Waals surface area contributed by atoms with Gasteiger partial charge in [0.1, 0.15) is 5.65 Å². The second-order valence-corrected chi connectivity index (χ2v) is 6.64. The minimum Gasteiger partial charge on any atom is -0.381 e. The highest BCUT2D eigenvalue weighted by molar-refractivity contribution is 6.00. The summed E-state index contributed by atoms with van der Waals surface area (Å²) in [7, 11) is 0. The van der Waals surface area contributed by atoms with Gasteiger partial charge in [0.25, 0.3) is 0 Å². The molecule has 0 aliphatic carbocycles. The monoisotopic (exact) mass is 379 g/mol. The van der Waals surface area contributed by atoms with Gasteiger partial charge in [-0.2, -0.15) is 0 Å². The summed E-state index contributed by atoms with van der Waals surface area (Å²) in [6.45, 7) is 1.26. The molecule has 0 radical (unpaired) electrons. The highest BCUT2D eigenvalue weighted by Crippen LogP contribution is 2.19. The Bertz CT molecular complexity index is 977. The first-order chi connectivity index (χ1) is 13.7. The molecule has 0 atom stereocenters. The summed E-state index contributed by atoms with van der Waals surface area (Å²) in [5.74, 6) is 0.00168. The van der Waals surface area contributed by atoms with Gasteiger partial charge in [-0.1, -0.05) is 0 Å². The van der Waals surface area contributed by atoms with Crippen molar-refractivity contribution in [3.05, 3.63) is 55.0 Å². The Kier molecular flexibility index (Phi) is 5.20. The molecule has 1 saturated heterocycles. The van der Waals surface area contributed by atoms with Crippen LogP contribution in [0.1, 0.15) is 12.8 Å². The average Bonchev–Trinajstić information content (AvgIpc) is 3.18. The van der Waals surface area contributed by atoms with E-state index in [9.17, 15) is 9.59 Å². The summed E-state index contributed by atoms with van der Waals surface area (Å²) in [6.07, 6.45) is 6.79. The molecule has 28 heavy (non-hydrogen) atoms. The molecular formula is C20H21N5O3. The zero-order valence-electron chi connectivity index (χ0n) is 15.2. The van der Waals surface area contributed by atoms with Gasteiger partial charge in [0.2, 0.25) is 5.91 Å². The minimum atomic E-state index is -0.349. The first-order valence-electron chi connectivity index (χ1n) is 9.17. The maximum absolute atomic E-state index is 12.3. The zero-order valence-corrected chi connectivity index (χ0v) is 15.2. The van der Waals surface area contributed by atoms with E-state index in [0.717, 1.165) is 18.5 Å². The van der Waals surface area contributed by atoms with E-state index in [2.05, 4.69) is 20.9 Å². The van der Waals surface area contributed by atoms with Crippen LogP contribution in [-0.2, 0) is 9.53 Å². The number of rotatable bonds is 4. The Hall–Kier alpha value is -3.39. The molecule has 2 aromatic heterocycles. The van der Waals surface area contributed by atoms with Crippen LogP contribution in [0.4, 0.5) is 21.9 Å². The molecule has 1 aliphatic heterocycles. The maximum atomic E-state index is 12.3. The fourth-order valence-electron chi connectivity index (χ4n) is 3.13. The zero-order chi connectivity index (χ0) is 19.3. The quantitative estimate of drug-likeness (QED) is 0.648. The normalized spacial score (nSPS) is 14.6. The van der Waals surface area contributed by atoms with Gasteiger partial charge in [0.15, 0.2) is 0 Å². The van der Waals surface area contributed by atoms with Crippen LogP contribution in [-0.4, -0.2) is 34.5 Å². The van der Waals surface area contributed by atoms with Crippen molar-refractivity contribution in [1.82, 2.24) is 9.38 Å². The molecule has 3 N–H and O–H groups in total. The van der Waals surface area contributed by atoms with Gasteiger partial charge >= 0.3 is 6.03 Å². The number of amides is 3. The SMILES string of the molecule is O=C(Nc1ccc(NC(=O)C2CCOCC2)cc1)Nc1ccc2nccn2c1. The predicted molar refractivity (Wildman–Crippen MR) is 106 cm³/mol. The first-order valence-corrected chi connectivity index (χ1v) is 9.17. The van der Waals surface area contributed by atoms with E-state index in [1.54, 1.807) is 42.7 Å². The summed E-state index contributed by atoms with van der Waals surface area (Å²) >= 11 is 0. The van der Waals surface area contributed by atoms with E-state index in [1.807, 2.05) is 16.7 Å². The molecule has 144 valence electrons. The Morgan fingerprint density at radius 2 is 1.57 bits per heavy atom. The molecule has 8 heteroatoms. The standard InChI is InChI=1S/C20H21N5O3/c26-19(14-7-11-28-12-8-14)22-15-1-3-16(4-2-15)23-20(27)24-17-5-6-18-21-9-10-25(18)13-17/h1-6,9-10,13-14H,7-8,11-12H2,(H,22,26)(H2,23,24,27). The summed E-state index contributed by atoms with van der Waals surface area (Å²) in [5.41, 5.74) is 2.80. The molecule has 1 aliphatic rings. The van der Waals surface area contributed by atoms with Crippen LogP contribution in [0, 0.1) is 5.92 Å². The van der Waals surface area contributed by atoms with Crippen molar-refractivity contribution in [3.8, 4) is 0 Å². The number of benzene rings is 1. The number of anilines is 3. The van der Waals surface area contributed by atoms with Crippen molar-refractivity contribution in [2.45, 2.75) is 12.8 Å². The molecular weight excluding hydrogens is 358 g/mol. The van der Waals surface area contributed by atoms with E-state index in [0.29, 0.717) is 30.3 Å². The van der Waals surface area contributed by atoms with Crippen LogP contribution >= 0.6 is 0 Å². The number of hydrogen-bond acceptors (Lipinski definition) is 4. The molecule has 3 amide bonds. The molecule has 0 bridgehead atoms. The lowest BCUT2D eigenvalue weighted by molar-refractivity contribution is -0.122. The number of aromatic nitrogens is 2. The Morgan fingerprint density at radius 1 is 0.929 bits per heavy atom. The minimum absolute atomic E-state index is 0.00911. The number of ether oxygens (including phenoxy) is 1. The number of urea groups is 1. The molecule has 3 aromatic rings. The predicted octanol–water partition coefficient (Wildman–Crippen LogP) is 3.34. The second-order valence-electron chi connectivity index (χ2n) is 6.64. The Morgan fingerprint density at radius 3 is 2.32 bits per heavy atom. The number of pyridine rings is 1. The molecule has 8 nitrogen and oxygen atoms in total. The number of nitrogens with one attached hydrogen (secondary N) is 3. The third kappa shape index (κ3) is 4.29. The van der Waals surface area contributed by atoms with Gasteiger partial charge < -0.3 is 25.1 Å². The molecule has 1 aromatic carbocycles. The van der Waals surface area contributed by atoms with Crippen molar-refractivity contribution in [3.63, 3.8) is 0 Å². The summed E-state index contributed by atoms with van der Waals surface area (Å²) in [4.78, 5) is 28.6. The van der Waals surface area contributed by atoms with E-state index >= 15 is 0 Å². The molecule has 3 heterocycles. The number of imidazole rings is 1. The van der Waals surface area contributed by atoms with Crippen molar-refractivity contribution in [2.75, 3.05) is 29.2 Å². The number of nitrogens with zero attached hydrogens (tertiary/aromatic N) is 2. The summed E-state index contributed by atoms with van der Waals surface area (Å²) < 4.78 is 7.11. The summed E-state index contributed by atoms with van der Waals surface area (Å²) in [5, 5.41) is 8.47. The largest absolute Gasteiger partial charge is 0.381 e. The van der Waals surface area contributed by atoms with Gasteiger partial charge in [-0.25, -0.2) is 9.78 Å². The van der Waals surface area contributed by atoms with Gasteiger partial charge in [-0.15, -0.1) is 0 Å². The fraction of sp³-hybridized carbons (Fsp3) is 0.250. The van der Waals surface area contributed by atoms with E-state index in [4.69, 9.17) is 4.74 Å². The lowest BCUT2D eigenvalue weighted by Crippen LogP contribution is -2.28. The molecule has 0 spiro atoms. The van der Waals surface area contributed by atoms with Gasteiger partial charge in [0, 0.05) is 49.1 Å². The Balaban J connectivity index is 1.32. The first kappa shape index (κ1) is 18.0. The molecule has 1 fully saturated rings. The van der Waals surface area contributed by atoms with Crippen LogP contribution in [0.15, 0.2) is 55.0 Å². The highest BCUT2D eigenvalue weighted by Gasteiger charge is 2.21. The number of carbonyl (C=O) groups is 2. The number of fused-ring (bicyclic) bond motifs is 1. The molecule has 4 rings (SSSR count). The lowest BCUT2D eigenvalue weighted by Gasteiger charge is -2.21. The van der Waals surface area contributed by atoms with E-state index < -0.39 is 0 Å². The van der Waals surface area contributed by atoms with Crippen molar-refractivity contribution >= 4 is 34.6 Å². The lowest BCUT2D eigenvalue weighted by atomic mass is 9.99. The van der Waals surface area contributed by atoms with Crippen molar-refractivity contribution < 1.29 is 14.3 Å². The van der Waals surface area contributed by atoms with Crippen LogP contribution < -0.4 is 16.0 Å². The van der Waals surface area contributed by atoms with Crippen LogP contribution in [0.25, 0.3) is 5.65 Å². The van der Waals surface area contributed by atoms with Crippen molar-refractivity contribution in [2.24, 2.45) is 5.92 Å². The third-order valence-corrected chi connectivity index (χ3v) is 4.65. The second kappa shape index (κ2) is 8.10. The Labute approximate surface area is 161 Å². The smallest absolute Gasteiger partial charge is 0.323 e. The topological polar surface area (TPSA) is 96.8 Å². The maximum Gasteiger partial charge on any atom is 0.323 e. The molecule has 0 unspecified atom stereocenters. The van der Waals surface area contributed by atoms with Crippen LogP contribution in [0.2, 0.25) is 0 Å². The van der Waals surface area contributed by atoms with E-state index in [1.165, 1.54) is 0 Å². The van der Waals surface area contributed by atoms with Crippen molar-refractivity contribution in [1.29, 1.82) is 0 Å². The average molecular weight is 379 g/mol. The number of carbonyl (C=O) groups excluding carboxylic acids is 2. The fourth-order valence-corrected chi connectivity index (χ4v) is 3.13. The number of hydrogen-bond donors (Lipinski definition) is 3. The van der Waals surface area contributed by atoms with Crippen LogP contribution in [0.5, 0.6) is 0 Å². The third-order valence-electron chi connectivity index (χ3n) is 4.65. The molecule has 0 saturated carbocycles. The van der Waals surface area contributed by atoms with Gasteiger partial charge in [-0.3, -0.25) is 4.79 Å². The van der Waals surface area contributed by atoms with Crippen LogP contribution in [0.3, 0.4) is 0 Å².